The highest BCUT2D eigenvalue weighted by Crippen LogP contribution is 2.43. The van der Waals surface area contributed by atoms with Crippen molar-refractivity contribution < 1.29 is 42.1 Å². The van der Waals surface area contributed by atoms with Gasteiger partial charge in [-0.25, -0.2) is 4.57 Å². The summed E-state index contributed by atoms with van der Waals surface area (Å²) in [6.45, 7) is 4.39. The molecule has 49 heavy (non-hydrogen) atoms. The highest BCUT2D eigenvalue weighted by Gasteiger charge is 2.27. The number of carbonyl (C=O) groups excluding carboxylic acids is 2. The van der Waals surface area contributed by atoms with Gasteiger partial charge in [0.2, 0.25) is 0 Å². The summed E-state index contributed by atoms with van der Waals surface area (Å²) in [5.41, 5.74) is 0. The Kier molecular flexibility index (Phi) is 31.8. The molecule has 290 valence electrons. The van der Waals surface area contributed by atoms with Gasteiger partial charge in [0, 0.05) is 12.8 Å². The Hall–Kier alpha value is -1.25. The van der Waals surface area contributed by atoms with Crippen molar-refractivity contribution >= 4 is 19.8 Å². The van der Waals surface area contributed by atoms with E-state index in [1.807, 2.05) is 21.1 Å². The molecule has 0 spiro atoms. The van der Waals surface area contributed by atoms with Gasteiger partial charge in [-0.2, -0.15) is 0 Å². The van der Waals surface area contributed by atoms with Crippen LogP contribution in [0, 0.1) is 0 Å². The third-order valence-corrected chi connectivity index (χ3v) is 9.53. The van der Waals surface area contributed by atoms with Crippen molar-refractivity contribution in [2.24, 2.45) is 0 Å². The van der Waals surface area contributed by atoms with Gasteiger partial charge in [0.1, 0.15) is 19.8 Å². The first-order valence-electron chi connectivity index (χ1n) is 19.9. The summed E-state index contributed by atoms with van der Waals surface area (Å²) in [5.74, 6) is -0.804. The van der Waals surface area contributed by atoms with E-state index in [4.69, 9.17) is 18.5 Å². The first-order valence-corrected chi connectivity index (χ1v) is 21.4. The maximum absolute atomic E-state index is 12.6. The van der Waals surface area contributed by atoms with Crippen molar-refractivity contribution in [1.82, 2.24) is 0 Å². The number of nitrogens with zero attached hydrogens (tertiary/aromatic N) is 1. The third-order valence-electron chi connectivity index (χ3n) is 8.55. The van der Waals surface area contributed by atoms with Crippen molar-refractivity contribution in [1.29, 1.82) is 0 Å². The van der Waals surface area contributed by atoms with Gasteiger partial charge in [0.15, 0.2) is 6.10 Å². The smallest absolute Gasteiger partial charge is 0.462 e. The van der Waals surface area contributed by atoms with E-state index in [1.165, 1.54) is 89.9 Å². The van der Waals surface area contributed by atoms with E-state index in [-0.39, 0.29) is 32.0 Å². The van der Waals surface area contributed by atoms with Crippen LogP contribution in [0.4, 0.5) is 0 Å². The van der Waals surface area contributed by atoms with E-state index >= 15 is 0 Å². The third kappa shape index (κ3) is 36.3. The van der Waals surface area contributed by atoms with E-state index < -0.39 is 26.5 Å². The number of esters is 2. The van der Waals surface area contributed by atoms with Crippen LogP contribution < -0.4 is 0 Å². The Morgan fingerprint density at radius 2 is 1.04 bits per heavy atom. The van der Waals surface area contributed by atoms with Gasteiger partial charge in [-0.1, -0.05) is 135 Å². The van der Waals surface area contributed by atoms with Gasteiger partial charge in [-0.15, -0.1) is 0 Å². The molecular weight excluding hydrogens is 641 g/mol. The second-order valence-corrected chi connectivity index (χ2v) is 16.1. The summed E-state index contributed by atoms with van der Waals surface area (Å²) >= 11 is 0. The molecule has 0 aliphatic carbocycles. The fraction of sp³-hybridized carbons (Fsp3) is 0.897. The summed E-state index contributed by atoms with van der Waals surface area (Å²) in [6.07, 6.45) is 31.1. The quantitative estimate of drug-likeness (QED) is 0.0224. The highest BCUT2D eigenvalue weighted by molar-refractivity contribution is 7.47. The molecule has 0 aromatic carbocycles. The molecular formula is C39H77NO8P+. The zero-order chi connectivity index (χ0) is 36.5. The SMILES string of the molecule is CCCCCC/C=C/CCCCCCCC(=O)OC[C@H](COP(=O)(O)OCC[N+](C)(C)C)OC(=O)CCCCCCCCCCCCCC. The van der Waals surface area contributed by atoms with Gasteiger partial charge in [-0.3, -0.25) is 18.6 Å². The van der Waals surface area contributed by atoms with E-state index in [9.17, 15) is 19.0 Å². The molecule has 0 aromatic heterocycles. The number of quaternary nitrogens is 1. The average Bonchev–Trinajstić information content (AvgIpc) is 3.04. The maximum atomic E-state index is 12.6. The molecule has 0 radical (unpaired) electrons. The zero-order valence-corrected chi connectivity index (χ0v) is 33.3. The molecule has 0 aromatic rings. The summed E-state index contributed by atoms with van der Waals surface area (Å²) < 4.78 is 34.2. The predicted octanol–water partition coefficient (Wildman–Crippen LogP) is 10.6. The molecule has 2 atom stereocenters. The maximum Gasteiger partial charge on any atom is 0.472 e. The zero-order valence-electron chi connectivity index (χ0n) is 32.4. The second-order valence-electron chi connectivity index (χ2n) is 14.7. The normalized spacial score (nSPS) is 13.8. The number of hydrogen-bond acceptors (Lipinski definition) is 7. The summed E-state index contributed by atoms with van der Waals surface area (Å²) in [7, 11) is 1.48. The number of phosphoric ester groups is 1. The van der Waals surface area contributed by atoms with E-state index in [0.29, 0.717) is 17.4 Å². The molecule has 0 bridgehead atoms. The molecule has 0 amide bonds. The van der Waals surface area contributed by atoms with Crippen LogP contribution in [-0.2, 0) is 32.7 Å². The first-order chi connectivity index (χ1) is 23.5. The lowest BCUT2D eigenvalue weighted by atomic mass is 10.0. The number of hydrogen-bond donors (Lipinski definition) is 1. The number of unbranched alkanes of at least 4 members (excludes halogenated alkanes) is 20. The fourth-order valence-electron chi connectivity index (χ4n) is 5.36. The Bertz CT molecular complexity index is 860. The molecule has 0 saturated heterocycles. The fourth-order valence-corrected chi connectivity index (χ4v) is 6.10. The van der Waals surface area contributed by atoms with Crippen LogP contribution in [0.15, 0.2) is 12.2 Å². The molecule has 9 nitrogen and oxygen atoms in total. The Morgan fingerprint density at radius 3 is 1.53 bits per heavy atom. The number of carbonyl (C=O) groups is 2. The predicted molar refractivity (Wildman–Crippen MR) is 201 cm³/mol. The summed E-state index contributed by atoms with van der Waals surface area (Å²) in [4.78, 5) is 35.2. The number of likely N-dealkylation sites (N-methyl/N-ethyl adjacent to an activating group) is 1. The lowest BCUT2D eigenvalue weighted by Gasteiger charge is -2.24. The summed E-state index contributed by atoms with van der Waals surface area (Å²) in [6, 6.07) is 0. The van der Waals surface area contributed by atoms with Crippen LogP contribution in [0.2, 0.25) is 0 Å². The van der Waals surface area contributed by atoms with Crippen LogP contribution in [-0.4, -0.2) is 74.9 Å². The van der Waals surface area contributed by atoms with Gasteiger partial charge >= 0.3 is 19.8 Å². The van der Waals surface area contributed by atoms with Gasteiger partial charge in [0.05, 0.1) is 27.7 Å². The molecule has 0 aliphatic heterocycles. The standard InChI is InChI=1S/C39H76NO8P/c1-6-8-10-12-14-16-18-20-22-23-25-27-29-31-38(41)45-35-37(36-47-49(43,44)46-34-33-40(3,4)5)48-39(42)32-30-28-26-24-21-19-17-15-13-11-9-7-2/h16,18,37H,6-15,17,19-36H2,1-5H3/p+1/b18-16+/t37-/m1/s1. The minimum absolute atomic E-state index is 0.0332. The van der Waals surface area contributed by atoms with Crippen LogP contribution in [0.25, 0.3) is 0 Å². The monoisotopic (exact) mass is 719 g/mol. The molecule has 0 rings (SSSR count). The number of phosphoric acid groups is 1. The second kappa shape index (κ2) is 32.6. The molecule has 0 aliphatic rings. The first kappa shape index (κ1) is 47.8. The van der Waals surface area contributed by atoms with Crippen molar-refractivity contribution in [3.05, 3.63) is 12.2 Å². The van der Waals surface area contributed by atoms with Gasteiger partial charge in [0.25, 0.3) is 0 Å². The molecule has 1 N–H and O–H groups in total. The van der Waals surface area contributed by atoms with Crippen LogP contribution in [0.5, 0.6) is 0 Å². The van der Waals surface area contributed by atoms with Crippen LogP contribution in [0.3, 0.4) is 0 Å². The Labute approximate surface area is 301 Å². The van der Waals surface area contributed by atoms with Gasteiger partial charge in [-0.05, 0) is 38.5 Å². The van der Waals surface area contributed by atoms with E-state index in [0.717, 1.165) is 51.4 Å². The topological polar surface area (TPSA) is 108 Å². The van der Waals surface area contributed by atoms with Gasteiger partial charge < -0.3 is 18.9 Å². The Balaban J connectivity index is 4.42. The van der Waals surface area contributed by atoms with Crippen molar-refractivity contribution in [3.8, 4) is 0 Å². The molecule has 10 heteroatoms. The van der Waals surface area contributed by atoms with Crippen LogP contribution >= 0.6 is 7.82 Å². The molecule has 0 saturated carbocycles. The lowest BCUT2D eigenvalue weighted by molar-refractivity contribution is -0.870. The van der Waals surface area contributed by atoms with Crippen molar-refractivity contribution in [2.75, 3.05) is 47.5 Å². The molecule has 0 heterocycles. The average molecular weight is 719 g/mol. The lowest BCUT2D eigenvalue weighted by Crippen LogP contribution is -2.37. The van der Waals surface area contributed by atoms with Crippen molar-refractivity contribution in [3.63, 3.8) is 0 Å². The molecule has 1 unspecified atom stereocenters. The van der Waals surface area contributed by atoms with Crippen LogP contribution in [0.1, 0.15) is 174 Å². The summed E-state index contributed by atoms with van der Waals surface area (Å²) in [5, 5.41) is 0. The minimum Gasteiger partial charge on any atom is -0.462 e. The largest absolute Gasteiger partial charge is 0.472 e. The number of allylic oxidation sites excluding steroid dienone is 2. The number of rotatable bonds is 36. The van der Waals surface area contributed by atoms with Crippen molar-refractivity contribution in [2.45, 2.75) is 180 Å². The Morgan fingerprint density at radius 1 is 0.612 bits per heavy atom. The van der Waals surface area contributed by atoms with E-state index in [1.54, 1.807) is 0 Å². The number of ether oxygens (including phenoxy) is 2. The highest BCUT2D eigenvalue weighted by atomic mass is 31.2. The van der Waals surface area contributed by atoms with E-state index in [2.05, 4.69) is 26.0 Å². The molecule has 0 fully saturated rings. The minimum atomic E-state index is -4.36.